The number of alkyl halides is 3. The van der Waals surface area contributed by atoms with Crippen LogP contribution >= 0.6 is 11.6 Å². The molecule has 0 amide bonds. The summed E-state index contributed by atoms with van der Waals surface area (Å²) in [5.41, 5.74) is -0.611. The SMILES string of the molecule is O/N=C/c1ccc(C(F)(F)F)cc1Cl. The fraction of sp³-hybridized carbons (Fsp3) is 0.125. The summed E-state index contributed by atoms with van der Waals surface area (Å²) in [5.74, 6) is 0. The Morgan fingerprint density at radius 2 is 2.00 bits per heavy atom. The fourth-order valence-corrected chi connectivity index (χ4v) is 1.10. The molecule has 6 heteroatoms. The monoisotopic (exact) mass is 223 g/mol. The van der Waals surface area contributed by atoms with Crippen LogP contribution in [0.5, 0.6) is 0 Å². The normalized spacial score (nSPS) is 12.3. The van der Waals surface area contributed by atoms with Crippen LogP contribution in [0.1, 0.15) is 11.1 Å². The van der Waals surface area contributed by atoms with Crippen LogP contribution in [-0.4, -0.2) is 11.4 Å². The minimum atomic E-state index is -4.42. The van der Waals surface area contributed by atoms with Crippen LogP contribution < -0.4 is 0 Å². The largest absolute Gasteiger partial charge is 0.416 e. The Morgan fingerprint density at radius 3 is 2.43 bits per heavy atom. The highest BCUT2D eigenvalue weighted by atomic mass is 35.5. The lowest BCUT2D eigenvalue weighted by Gasteiger charge is -2.07. The van der Waals surface area contributed by atoms with E-state index in [9.17, 15) is 13.2 Å². The first-order valence-electron chi connectivity index (χ1n) is 3.49. The molecular weight excluding hydrogens is 219 g/mol. The summed E-state index contributed by atoms with van der Waals surface area (Å²) in [4.78, 5) is 0. The zero-order valence-electron chi connectivity index (χ0n) is 6.72. The van der Waals surface area contributed by atoms with Crippen molar-refractivity contribution in [3.05, 3.63) is 34.3 Å². The first kappa shape index (κ1) is 10.8. The van der Waals surface area contributed by atoms with Gasteiger partial charge in [-0.05, 0) is 12.1 Å². The third-order valence-corrected chi connectivity index (χ3v) is 1.85. The van der Waals surface area contributed by atoms with E-state index in [0.29, 0.717) is 0 Å². The Morgan fingerprint density at radius 1 is 1.36 bits per heavy atom. The van der Waals surface area contributed by atoms with Crippen LogP contribution in [0.4, 0.5) is 13.2 Å². The summed E-state index contributed by atoms with van der Waals surface area (Å²) >= 11 is 5.51. The molecule has 0 unspecified atom stereocenters. The minimum absolute atomic E-state index is 0.113. The van der Waals surface area contributed by atoms with Crippen molar-refractivity contribution >= 4 is 17.8 Å². The van der Waals surface area contributed by atoms with Crippen molar-refractivity contribution in [1.29, 1.82) is 0 Å². The van der Waals surface area contributed by atoms with E-state index in [2.05, 4.69) is 5.16 Å². The number of benzene rings is 1. The molecule has 0 atom stereocenters. The molecule has 0 aliphatic rings. The highest BCUT2D eigenvalue weighted by molar-refractivity contribution is 6.33. The van der Waals surface area contributed by atoms with Gasteiger partial charge >= 0.3 is 6.18 Å². The summed E-state index contributed by atoms with van der Waals surface area (Å²) in [6.07, 6.45) is -3.46. The van der Waals surface area contributed by atoms with Crippen molar-refractivity contribution in [2.75, 3.05) is 0 Å². The van der Waals surface area contributed by atoms with Crippen LogP contribution in [-0.2, 0) is 6.18 Å². The zero-order valence-corrected chi connectivity index (χ0v) is 7.47. The summed E-state index contributed by atoms with van der Waals surface area (Å²) in [7, 11) is 0. The van der Waals surface area contributed by atoms with Gasteiger partial charge in [-0.2, -0.15) is 13.2 Å². The minimum Gasteiger partial charge on any atom is -0.411 e. The van der Waals surface area contributed by atoms with Gasteiger partial charge in [0.2, 0.25) is 0 Å². The second-order valence-corrected chi connectivity index (χ2v) is 2.89. The van der Waals surface area contributed by atoms with Gasteiger partial charge in [-0.25, -0.2) is 0 Å². The average molecular weight is 224 g/mol. The Kier molecular flexibility index (Phi) is 3.00. The van der Waals surface area contributed by atoms with Crippen molar-refractivity contribution in [1.82, 2.24) is 0 Å². The summed E-state index contributed by atoms with van der Waals surface area (Å²) in [6, 6.07) is 2.77. The molecule has 0 aromatic heterocycles. The van der Waals surface area contributed by atoms with Crippen molar-refractivity contribution < 1.29 is 18.4 Å². The molecule has 1 aromatic carbocycles. The molecule has 0 heterocycles. The van der Waals surface area contributed by atoms with E-state index in [1.165, 1.54) is 0 Å². The second-order valence-electron chi connectivity index (χ2n) is 2.48. The highest BCUT2D eigenvalue weighted by Gasteiger charge is 2.30. The van der Waals surface area contributed by atoms with Gasteiger partial charge in [-0.1, -0.05) is 22.8 Å². The van der Waals surface area contributed by atoms with E-state index in [1.54, 1.807) is 0 Å². The summed E-state index contributed by atoms with van der Waals surface area (Å²) in [5, 5.41) is 10.7. The highest BCUT2D eigenvalue weighted by Crippen LogP contribution is 2.31. The molecule has 0 saturated heterocycles. The van der Waals surface area contributed by atoms with Gasteiger partial charge in [0, 0.05) is 5.56 Å². The second kappa shape index (κ2) is 3.88. The van der Waals surface area contributed by atoms with E-state index in [1.807, 2.05) is 0 Å². The first-order valence-corrected chi connectivity index (χ1v) is 3.87. The third kappa shape index (κ3) is 2.38. The number of halogens is 4. The van der Waals surface area contributed by atoms with E-state index in [-0.39, 0.29) is 10.6 Å². The van der Waals surface area contributed by atoms with Crippen LogP contribution in [0.15, 0.2) is 23.4 Å². The van der Waals surface area contributed by atoms with Crippen molar-refractivity contribution in [2.45, 2.75) is 6.18 Å². The maximum Gasteiger partial charge on any atom is 0.416 e. The molecule has 0 saturated carbocycles. The van der Waals surface area contributed by atoms with Crippen LogP contribution in [0, 0.1) is 0 Å². The molecule has 0 radical (unpaired) electrons. The lowest BCUT2D eigenvalue weighted by molar-refractivity contribution is -0.137. The summed E-state index contributed by atoms with van der Waals surface area (Å²) in [6.45, 7) is 0. The van der Waals surface area contributed by atoms with Gasteiger partial charge in [0.25, 0.3) is 0 Å². The molecule has 0 bridgehead atoms. The number of nitrogens with zero attached hydrogens (tertiary/aromatic N) is 1. The van der Waals surface area contributed by atoms with E-state index in [4.69, 9.17) is 16.8 Å². The Balaban J connectivity index is 3.13. The Labute approximate surface area is 82.6 Å². The van der Waals surface area contributed by atoms with Gasteiger partial charge in [0.05, 0.1) is 16.8 Å². The predicted octanol–water partition coefficient (Wildman–Crippen LogP) is 3.17. The molecule has 14 heavy (non-hydrogen) atoms. The number of rotatable bonds is 1. The molecule has 2 nitrogen and oxygen atoms in total. The van der Waals surface area contributed by atoms with Crippen LogP contribution in [0.3, 0.4) is 0 Å². The van der Waals surface area contributed by atoms with Gasteiger partial charge in [-0.3, -0.25) is 0 Å². The fourth-order valence-electron chi connectivity index (χ4n) is 0.870. The van der Waals surface area contributed by atoms with Crippen molar-refractivity contribution in [3.63, 3.8) is 0 Å². The predicted molar refractivity (Wildman–Crippen MR) is 45.8 cm³/mol. The standard InChI is InChI=1S/C8H5ClF3NO/c9-7-3-6(8(10,11)12)2-1-5(7)4-13-14/h1-4,14H/b13-4+. The third-order valence-electron chi connectivity index (χ3n) is 1.52. The number of oxime groups is 1. The molecule has 0 spiro atoms. The molecular formula is C8H5ClF3NO. The lowest BCUT2D eigenvalue weighted by Crippen LogP contribution is -2.04. The topological polar surface area (TPSA) is 32.6 Å². The van der Waals surface area contributed by atoms with Gasteiger partial charge in [0.15, 0.2) is 0 Å². The molecule has 1 rings (SSSR count). The van der Waals surface area contributed by atoms with E-state index in [0.717, 1.165) is 24.4 Å². The molecule has 1 N–H and O–H groups in total. The van der Waals surface area contributed by atoms with Gasteiger partial charge in [-0.15, -0.1) is 0 Å². The Bertz CT molecular complexity index is 362. The lowest BCUT2D eigenvalue weighted by atomic mass is 10.1. The zero-order chi connectivity index (χ0) is 10.8. The van der Waals surface area contributed by atoms with Crippen LogP contribution in [0.2, 0.25) is 5.02 Å². The maximum absolute atomic E-state index is 12.1. The summed E-state index contributed by atoms with van der Waals surface area (Å²) < 4.78 is 36.4. The number of hydrogen-bond acceptors (Lipinski definition) is 2. The molecule has 0 aliphatic heterocycles. The Hall–Kier alpha value is -1.23. The average Bonchev–Trinajstić information content (AvgIpc) is 2.07. The molecule has 0 fully saturated rings. The van der Waals surface area contributed by atoms with Gasteiger partial charge < -0.3 is 5.21 Å². The van der Waals surface area contributed by atoms with Crippen molar-refractivity contribution in [3.8, 4) is 0 Å². The number of hydrogen-bond donors (Lipinski definition) is 1. The van der Waals surface area contributed by atoms with Crippen molar-refractivity contribution in [2.24, 2.45) is 5.16 Å². The smallest absolute Gasteiger partial charge is 0.411 e. The maximum atomic E-state index is 12.1. The molecule has 0 aliphatic carbocycles. The quantitative estimate of drug-likeness (QED) is 0.443. The van der Waals surface area contributed by atoms with Gasteiger partial charge in [0.1, 0.15) is 0 Å². The first-order chi connectivity index (χ1) is 6.45. The molecule has 76 valence electrons. The molecule has 1 aromatic rings. The van der Waals surface area contributed by atoms with E-state index >= 15 is 0 Å². The van der Waals surface area contributed by atoms with E-state index < -0.39 is 11.7 Å². The van der Waals surface area contributed by atoms with Crippen LogP contribution in [0.25, 0.3) is 0 Å².